The number of allylic oxidation sites excluding steroid dienone is 1. The van der Waals surface area contributed by atoms with E-state index in [4.69, 9.17) is 0 Å². The minimum atomic E-state index is 0.321. The molecule has 0 unspecified atom stereocenters. The first-order valence-electron chi connectivity index (χ1n) is 7.13. The Hall–Kier alpha value is -1.48. The largest absolute Gasteiger partial charge is 0.508 e. The topological polar surface area (TPSA) is 35.5 Å². The Balaban J connectivity index is 2.19. The molecule has 2 N–H and O–H groups in total. The van der Waals surface area contributed by atoms with Crippen LogP contribution in [-0.2, 0) is 0 Å². The third-order valence-corrected chi connectivity index (χ3v) is 3.48. The van der Waals surface area contributed by atoms with Crippen molar-refractivity contribution in [3.63, 3.8) is 0 Å². The molecule has 0 radical (unpaired) electrons. The van der Waals surface area contributed by atoms with E-state index in [-0.39, 0.29) is 0 Å². The lowest BCUT2D eigenvalue weighted by atomic mass is 10.0. The highest BCUT2D eigenvalue weighted by atomic mass is 16.3. The van der Waals surface area contributed by atoms with E-state index in [0.29, 0.717) is 17.7 Å². The van der Waals surface area contributed by atoms with Gasteiger partial charge in [-0.25, -0.2) is 0 Å². The van der Waals surface area contributed by atoms with Crippen LogP contribution in [0.5, 0.6) is 5.75 Å². The Bertz CT molecular complexity index is 405. The number of phenols is 1. The smallest absolute Gasteiger partial charge is 0.115 e. The predicted octanol–water partition coefficient (Wildman–Crippen LogP) is 3.12. The summed E-state index contributed by atoms with van der Waals surface area (Å²) in [7, 11) is 0. The van der Waals surface area contributed by atoms with Gasteiger partial charge >= 0.3 is 0 Å². The van der Waals surface area contributed by atoms with Gasteiger partial charge in [0.05, 0.1) is 0 Å². The van der Waals surface area contributed by atoms with Crippen molar-refractivity contribution in [3.05, 3.63) is 36.5 Å². The zero-order valence-corrected chi connectivity index (χ0v) is 11.8. The van der Waals surface area contributed by atoms with Gasteiger partial charge in [0.15, 0.2) is 0 Å². The normalized spacial score (nSPS) is 17.2. The maximum atomic E-state index is 9.42. The van der Waals surface area contributed by atoms with Crippen LogP contribution in [0, 0.1) is 5.92 Å². The van der Waals surface area contributed by atoms with Crippen molar-refractivity contribution in [2.45, 2.75) is 32.7 Å². The molecular formula is C16H24N2O. The van der Waals surface area contributed by atoms with Crippen LogP contribution in [0.25, 0.3) is 0 Å². The number of nitrogens with one attached hydrogen (secondary N) is 1. The fraction of sp³-hybridized carbons (Fsp3) is 0.500. The van der Waals surface area contributed by atoms with Crippen molar-refractivity contribution >= 4 is 5.69 Å². The number of aromatic hydroxyl groups is 1. The number of phenolic OH excluding ortho intramolecular Hbond substituents is 1. The van der Waals surface area contributed by atoms with Crippen LogP contribution >= 0.6 is 0 Å². The monoisotopic (exact) mass is 260 g/mol. The minimum absolute atomic E-state index is 0.321. The molecule has 1 fully saturated rings. The summed E-state index contributed by atoms with van der Waals surface area (Å²) in [6, 6.07) is 8.03. The van der Waals surface area contributed by atoms with Gasteiger partial charge in [-0.3, -0.25) is 0 Å². The Labute approximate surface area is 115 Å². The van der Waals surface area contributed by atoms with Crippen LogP contribution in [0.15, 0.2) is 36.5 Å². The molecule has 1 aliphatic heterocycles. The second-order valence-corrected chi connectivity index (χ2v) is 5.49. The Morgan fingerprint density at radius 1 is 1.21 bits per heavy atom. The second kappa shape index (κ2) is 6.62. The summed E-state index contributed by atoms with van der Waals surface area (Å²) >= 11 is 0. The molecule has 0 saturated carbocycles. The zero-order valence-electron chi connectivity index (χ0n) is 11.8. The fourth-order valence-electron chi connectivity index (χ4n) is 2.39. The van der Waals surface area contributed by atoms with E-state index in [9.17, 15) is 5.11 Å². The highest BCUT2D eigenvalue weighted by Crippen LogP contribution is 2.24. The maximum absolute atomic E-state index is 9.42. The van der Waals surface area contributed by atoms with Gasteiger partial charge in [-0.2, -0.15) is 0 Å². The van der Waals surface area contributed by atoms with Crippen LogP contribution in [0.2, 0.25) is 0 Å². The molecule has 3 nitrogen and oxygen atoms in total. The van der Waals surface area contributed by atoms with E-state index in [1.165, 1.54) is 0 Å². The Kier molecular flexibility index (Phi) is 4.86. The number of hydrogen-bond donors (Lipinski definition) is 2. The predicted molar refractivity (Wildman–Crippen MR) is 80.5 cm³/mol. The lowest BCUT2D eigenvalue weighted by molar-refractivity contribution is 0.449. The van der Waals surface area contributed by atoms with Gasteiger partial charge in [0.1, 0.15) is 5.75 Å². The number of rotatable bonds is 4. The molecule has 2 rings (SSSR count). The summed E-state index contributed by atoms with van der Waals surface area (Å²) in [5, 5.41) is 12.8. The van der Waals surface area contributed by atoms with Crippen molar-refractivity contribution < 1.29 is 5.11 Å². The van der Waals surface area contributed by atoms with Crippen LogP contribution in [0.4, 0.5) is 5.69 Å². The van der Waals surface area contributed by atoms with Crippen molar-refractivity contribution in [3.8, 4) is 5.75 Å². The maximum Gasteiger partial charge on any atom is 0.115 e. The molecule has 1 saturated heterocycles. The van der Waals surface area contributed by atoms with E-state index < -0.39 is 0 Å². The molecule has 0 aromatic heterocycles. The molecule has 1 aromatic rings. The number of piperidine rings is 1. The summed E-state index contributed by atoms with van der Waals surface area (Å²) < 4.78 is 0. The highest BCUT2D eigenvalue weighted by Gasteiger charge is 2.19. The summed E-state index contributed by atoms with van der Waals surface area (Å²) in [6.45, 7) is 6.53. The molecule has 0 aliphatic carbocycles. The first kappa shape index (κ1) is 13.9. The van der Waals surface area contributed by atoms with Crippen molar-refractivity contribution in [2.75, 3.05) is 18.0 Å². The molecule has 1 aliphatic rings. The van der Waals surface area contributed by atoms with E-state index in [0.717, 1.165) is 31.6 Å². The third kappa shape index (κ3) is 4.00. The number of benzene rings is 1. The molecule has 0 spiro atoms. The average Bonchev–Trinajstić information content (AvgIpc) is 2.42. The highest BCUT2D eigenvalue weighted by molar-refractivity contribution is 5.52. The fourth-order valence-corrected chi connectivity index (χ4v) is 2.39. The van der Waals surface area contributed by atoms with Gasteiger partial charge in [-0.15, -0.1) is 0 Å². The van der Waals surface area contributed by atoms with Gasteiger partial charge in [0, 0.05) is 17.9 Å². The van der Waals surface area contributed by atoms with Crippen molar-refractivity contribution in [1.29, 1.82) is 0 Å². The van der Waals surface area contributed by atoms with Crippen molar-refractivity contribution in [2.24, 2.45) is 5.92 Å². The van der Waals surface area contributed by atoms with Crippen LogP contribution in [0.3, 0.4) is 0 Å². The standard InChI is InChI=1S/C16H24N2O/c1-13(2)9-12-18(15-7-10-17-11-8-15)14-3-5-16(19)6-4-14/h3-6,9,12-13,15,17,19H,7-8,10-11H2,1-2H3/b12-9+. The summed E-state index contributed by atoms with van der Waals surface area (Å²) in [5.74, 6) is 0.864. The first-order valence-corrected chi connectivity index (χ1v) is 7.13. The third-order valence-electron chi connectivity index (χ3n) is 3.48. The Morgan fingerprint density at radius 3 is 2.42 bits per heavy atom. The van der Waals surface area contributed by atoms with E-state index in [2.05, 4.69) is 36.3 Å². The van der Waals surface area contributed by atoms with Crippen LogP contribution in [-0.4, -0.2) is 24.2 Å². The Morgan fingerprint density at radius 2 is 1.84 bits per heavy atom. The van der Waals surface area contributed by atoms with Crippen LogP contribution < -0.4 is 10.2 Å². The van der Waals surface area contributed by atoms with Crippen LogP contribution in [0.1, 0.15) is 26.7 Å². The number of nitrogens with zero attached hydrogens (tertiary/aromatic N) is 1. The lowest BCUT2D eigenvalue weighted by Crippen LogP contribution is -2.40. The SMILES string of the molecule is CC(C)/C=C/N(c1ccc(O)cc1)C1CCNCC1. The minimum Gasteiger partial charge on any atom is -0.508 e. The van der Waals surface area contributed by atoms with Gasteiger partial charge < -0.3 is 15.3 Å². The summed E-state index contributed by atoms with van der Waals surface area (Å²) in [6.07, 6.45) is 6.74. The molecule has 0 bridgehead atoms. The van der Waals surface area contributed by atoms with E-state index in [1.807, 2.05) is 12.1 Å². The molecular weight excluding hydrogens is 236 g/mol. The molecule has 0 amide bonds. The van der Waals surface area contributed by atoms with Crippen molar-refractivity contribution in [1.82, 2.24) is 5.32 Å². The number of anilines is 1. The van der Waals surface area contributed by atoms with Gasteiger partial charge in [-0.1, -0.05) is 19.9 Å². The van der Waals surface area contributed by atoms with Gasteiger partial charge in [-0.05, 0) is 56.1 Å². The molecule has 19 heavy (non-hydrogen) atoms. The van der Waals surface area contributed by atoms with E-state index >= 15 is 0 Å². The lowest BCUT2D eigenvalue weighted by Gasteiger charge is -2.34. The molecule has 104 valence electrons. The molecule has 1 heterocycles. The number of hydrogen-bond acceptors (Lipinski definition) is 3. The molecule has 0 atom stereocenters. The molecule has 3 heteroatoms. The second-order valence-electron chi connectivity index (χ2n) is 5.49. The quantitative estimate of drug-likeness (QED) is 0.873. The molecule has 1 aromatic carbocycles. The van der Waals surface area contributed by atoms with E-state index in [1.54, 1.807) is 12.1 Å². The van der Waals surface area contributed by atoms with Gasteiger partial charge in [0.25, 0.3) is 0 Å². The first-order chi connectivity index (χ1) is 9.16. The average molecular weight is 260 g/mol. The zero-order chi connectivity index (χ0) is 13.7. The summed E-state index contributed by atoms with van der Waals surface area (Å²) in [5.41, 5.74) is 1.15. The summed E-state index contributed by atoms with van der Waals surface area (Å²) in [4.78, 5) is 2.35. The van der Waals surface area contributed by atoms with Gasteiger partial charge in [0.2, 0.25) is 0 Å².